The molecule has 0 N–H and O–H groups in total. The predicted molar refractivity (Wildman–Crippen MR) is 243 cm³/mol. The quantitative estimate of drug-likeness (QED) is 0.152. The van der Waals surface area contributed by atoms with Gasteiger partial charge in [0.1, 0.15) is 0 Å². The molecule has 4 aromatic carbocycles. The second kappa shape index (κ2) is 19.5. The molecule has 9 rings (SSSR count). The molecular weight excluding hydrogens is 745 g/mol. The first kappa shape index (κ1) is 39.6. The summed E-state index contributed by atoms with van der Waals surface area (Å²) < 4.78 is 0. The lowest BCUT2D eigenvalue weighted by Gasteiger charge is -2.45. The molecule has 4 atom stereocenters. The second-order valence-corrected chi connectivity index (χ2v) is 19.6. The molecule has 3 heterocycles. The normalized spacial score (nSPS) is 23.0. The van der Waals surface area contributed by atoms with E-state index in [0.717, 1.165) is 52.4 Å². The summed E-state index contributed by atoms with van der Waals surface area (Å²) in [6.07, 6.45) is 10.2. The SMILES string of the molecule is c1ccc(CN2Cc3ccc(s3)CN(Cc3ccccc3)[C@@H]3CCCC[C@H]3N(Cc3ccccc3)Cc3ccc(s3)CN(Cc3ccccc3)[C@@H]3CCCC[C@H]32)cc1. The van der Waals surface area contributed by atoms with E-state index in [4.69, 9.17) is 0 Å². The van der Waals surface area contributed by atoms with E-state index >= 15 is 0 Å². The van der Waals surface area contributed by atoms with Crippen LogP contribution >= 0.6 is 22.7 Å². The Bertz CT molecular complexity index is 1810. The van der Waals surface area contributed by atoms with Crippen molar-refractivity contribution in [3.05, 3.63) is 187 Å². The Hall–Kier alpha value is -3.88. The van der Waals surface area contributed by atoms with Crippen LogP contribution in [0.15, 0.2) is 146 Å². The fourth-order valence-corrected chi connectivity index (χ4v) is 12.4. The molecule has 0 amide bonds. The van der Waals surface area contributed by atoms with Crippen LogP contribution in [0.2, 0.25) is 0 Å². The van der Waals surface area contributed by atoms with Gasteiger partial charge in [-0.25, -0.2) is 0 Å². The predicted octanol–water partition coefficient (Wildman–Crippen LogP) is 12.2. The van der Waals surface area contributed by atoms with E-state index in [2.05, 4.69) is 188 Å². The van der Waals surface area contributed by atoms with E-state index in [1.807, 2.05) is 0 Å². The third-order valence-electron chi connectivity index (χ3n) is 13.0. The van der Waals surface area contributed by atoms with Crippen molar-refractivity contribution < 1.29 is 0 Å². The average molecular weight is 805 g/mol. The van der Waals surface area contributed by atoms with E-state index in [1.54, 1.807) is 0 Å². The molecule has 58 heavy (non-hydrogen) atoms. The van der Waals surface area contributed by atoms with Crippen molar-refractivity contribution in [2.45, 2.75) is 128 Å². The lowest BCUT2D eigenvalue weighted by atomic mass is 9.87. The highest BCUT2D eigenvalue weighted by atomic mass is 32.1. The molecule has 0 unspecified atom stereocenters. The van der Waals surface area contributed by atoms with Gasteiger partial charge in [-0.15, -0.1) is 22.7 Å². The zero-order valence-electron chi connectivity index (χ0n) is 34.1. The van der Waals surface area contributed by atoms with Gasteiger partial charge in [0.15, 0.2) is 0 Å². The van der Waals surface area contributed by atoms with Gasteiger partial charge < -0.3 is 0 Å². The van der Waals surface area contributed by atoms with Crippen molar-refractivity contribution in [2.75, 3.05) is 0 Å². The largest absolute Gasteiger partial charge is 0.290 e. The molecule has 1 aliphatic heterocycles. The summed E-state index contributed by atoms with van der Waals surface area (Å²) in [5.74, 6) is 0. The summed E-state index contributed by atoms with van der Waals surface area (Å²) in [4.78, 5) is 17.5. The van der Waals surface area contributed by atoms with E-state index in [0.29, 0.717) is 24.2 Å². The zero-order chi connectivity index (χ0) is 38.9. The van der Waals surface area contributed by atoms with Crippen molar-refractivity contribution in [3.63, 3.8) is 0 Å². The van der Waals surface area contributed by atoms with Gasteiger partial charge in [0, 0.05) is 96.0 Å². The van der Waals surface area contributed by atoms with Crippen molar-refractivity contribution in [3.8, 4) is 0 Å². The molecule has 2 saturated carbocycles. The summed E-state index contributed by atoms with van der Waals surface area (Å²) in [6, 6.07) is 56.9. The first-order valence-corrected chi connectivity index (χ1v) is 23.6. The maximum atomic E-state index is 2.87. The van der Waals surface area contributed by atoms with Crippen LogP contribution in [0.1, 0.15) is 93.1 Å². The van der Waals surface area contributed by atoms with Gasteiger partial charge in [-0.2, -0.15) is 0 Å². The molecule has 6 aromatic rings. The van der Waals surface area contributed by atoms with Crippen molar-refractivity contribution in [1.29, 1.82) is 0 Å². The van der Waals surface area contributed by atoms with Crippen LogP contribution in [0.25, 0.3) is 0 Å². The van der Waals surface area contributed by atoms with Gasteiger partial charge in [-0.05, 0) is 72.2 Å². The molecule has 0 spiro atoms. The first-order chi connectivity index (χ1) is 28.7. The number of benzene rings is 4. The summed E-state index contributed by atoms with van der Waals surface area (Å²) in [5, 5.41) is 0. The molecule has 4 nitrogen and oxygen atoms in total. The van der Waals surface area contributed by atoms with Gasteiger partial charge in [-0.3, -0.25) is 19.6 Å². The molecule has 6 heteroatoms. The fourth-order valence-electron chi connectivity index (χ4n) is 10.3. The monoisotopic (exact) mass is 804 g/mol. The van der Waals surface area contributed by atoms with Crippen molar-refractivity contribution in [2.24, 2.45) is 0 Å². The molecule has 2 aliphatic carbocycles. The van der Waals surface area contributed by atoms with Crippen LogP contribution in [0.3, 0.4) is 0 Å². The smallest absolute Gasteiger partial charge is 0.0335 e. The van der Waals surface area contributed by atoms with Crippen LogP contribution in [-0.4, -0.2) is 43.8 Å². The van der Waals surface area contributed by atoms with Crippen LogP contribution in [0.5, 0.6) is 0 Å². The third-order valence-corrected chi connectivity index (χ3v) is 15.2. The van der Waals surface area contributed by atoms with Gasteiger partial charge in [0.05, 0.1) is 0 Å². The van der Waals surface area contributed by atoms with Crippen LogP contribution < -0.4 is 0 Å². The Morgan fingerprint density at radius 3 is 0.759 bits per heavy atom. The highest BCUT2D eigenvalue weighted by Gasteiger charge is 2.37. The molecule has 300 valence electrons. The van der Waals surface area contributed by atoms with Crippen molar-refractivity contribution >= 4 is 22.7 Å². The summed E-state index contributed by atoms with van der Waals surface area (Å²) in [7, 11) is 0. The standard InChI is InChI=1S/C52H60N4S2/c1-5-17-41(18-6-1)33-53-37-45-29-30-46(57-45)39-55(35-43-21-9-3-10-22-43)51-27-15-16-28-52(51)56(36-44-23-11-4-12-24-44)40-48-32-31-47(58-48)38-54(34-42-19-7-2-8-20-42)50-26-14-13-25-49(50)53/h1-12,17-24,29-32,49-52H,13-16,25-28,33-40H2/t49-,50-,51-,52-/m1/s1. The summed E-state index contributed by atoms with van der Waals surface area (Å²) >= 11 is 4.14. The number of fused-ring (bicyclic) bond motifs is 6. The minimum Gasteiger partial charge on any atom is -0.290 e. The molecule has 3 aliphatic rings. The molecule has 2 aromatic heterocycles. The highest BCUT2D eigenvalue weighted by molar-refractivity contribution is 7.12. The number of nitrogens with zero attached hydrogens (tertiary/aromatic N) is 4. The zero-order valence-corrected chi connectivity index (χ0v) is 35.7. The molecule has 0 radical (unpaired) electrons. The molecule has 0 saturated heterocycles. The van der Waals surface area contributed by atoms with Gasteiger partial charge in [0.25, 0.3) is 0 Å². The summed E-state index contributed by atoms with van der Waals surface area (Å²) in [5.41, 5.74) is 5.67. The summed E-state index contributed by atoms with van der Waals surface area (Å²) in [6.45, 7) is 7.93. The first-order valence-electron chi connectivity index (χ1n) is 22.0. The van der Waals surface area contributed by atoms with Crippen LogP contribution in [0, 0.1) is 0 Å². The Labute approximate surface area is 355 Å². The van der Waals surface area contributed by atoms with Crippen LogP contribution in [-0.2, 0) is 52.4 Å². The van der Waals surface area contributed by atoms with Gasteiger partial charge in [0.2, 0.25) is 0 Å². The third kappa shape index (κ3) is 10.1. The van der Waals surface area contributed by atoms with Crippen LogP contribution in [0.4, 0.5) is 0 Å². The average Bonchev–Trinajstić information content (AvgIpc) is 3.92. The number of rotatable bonds is 8. The molecule has 4 bridgehead atoms. The molecular formula is C52H60N4S2. The Morgan fingerprint density at radius 2 is 0.534 bits per heavy atom. The number of hydrogen-bond acceptors (Lipinski definition) is 6. The minimum absolute atomic E-state index is 0.487. The lowest BCUT2D eigenvalue weighted by molar-refractivity contribution is 0.0302. The minimum atomic E-state index is 0.487. The van der Waals surface area contributed by atoms with Crippen molar-refractivity contribution in [1.82, 2.24) is 19.6 Å². The molecule has 2 fully saturated rings. The number of hydrogen-bond donors (Lipinski definition) is 0. The maximum absolute atomic E-state index is 2.87. The lowest BCUT2D eigenvalue weighted by Crippen LogP contribution is -2.52. The topological polar surface area (TPSA) is 13.0 Å². The Morgan fingerprint density at radius 1 is 0.310 bits per heavy atom. The number of thiophene rings is 2. The van der Waals surface area contributed by atoms with E-state index in [-0.39, 0.29) is 0 Å². The van der Waals surface area contributed by atoms with E-state index < -0.39 is 0 Å². The maximum Gasteiger partial charge on any atom is 0.0335 e. The fraction of sp³-hybridized carbons (Fsp3) is 0.385. The van der Waals surface area contributed by atoms with E-state index in [9.17, 15) is 0 Å². The Balaban J connectivity index is 1.12. The Kier molecular flexibility index (Phi) is 13.3. The highest BCUT2D eigenvalue weighted by Crippen LogP contribution is 2.37. The van der Waals surface area contributed by atoms with E-state index in [1.165, 1.54) is 93.1 Å². The van der Waals surface area contributed by atoms with Gasteiger partial charge >= 0.3 is 0 Å². The van der Waals surface area contributed by atoms with Gasteiger partial charge in [-0.1, -0.05) is 147 Å². The second-order valence-electron chi connectivity index (χ2n) is 17.1.